The molecule has 1 amide bonds. The van der Waals surface area contributed by atoms with Crippen molar-refractivity contribution >= 4 is 52.4 Å². The Morgan fingerprint density at radius 1 is 1.22 bits per heavy atom. The molecule has 0 aliphatic carbocycles. The highest BCUT2D eigenvalue weighted by atomic mass is 35.6. The van der Waals surface area contributed by atoms with Gasteiger partial charge in [0, 0.05) is 11.3 Å². The Hall–Kier alpha value is -0.970. The van der Waals surface area contributed by atoms with Gasteiger partial charge in [-0.2, -0.15) is 0 Å². The van der Waals surface area contributed by atoms with Crippen LogP contribution in [0.1, 0.15) is 17.3 Å². The molecule has 0 spiro atoms. The lowest BCUT2D eigenvalue weighted by atomic mass is 10.1. The van der Waals surface area contributed by atoms with Crippen LogP contribution >= 0.6 is 34.8 Å². The van der Waals surface area contributed by atoms with Crippen molar-refractivity contribution in [3.05, 3.63) is 29.8 Å². The molecule has 0 aromatic heterocycles. The van der Waals surface area contributed by atoms with Crippen LogP contribution in [-0.4, -0.2) is 22.3 Å². The molecule has 4 nitrogen and oxygen atoms in total. The number of rotatable bonds is 3. The Balaban J connectivity index is 2.52. The molecule has 1 N–H and O–H groups in total. The number of amides is 1. The van der Waals surface area contributed by atoms with Crippen molar-refractivity contribution in [3.8, 4) is 0 Å². The fourth-order valence-corrected chi connectivity index (χ4v) is 1.25. The van der Waals surface area contributed by atoms with E-state index >= 15 is 0 Å². The van der Waals surface area contributed by atoms with E-state index in [0.29, 0.717) is 11.3 Å². The minimum absolute atomic E-state index is 0.0552. The molecule has 1 aromatic carbocycles. The van der Waals surface area contributed by atoms with Crippen LogP contribution in [0.15, 0.2) is 24.3 Å². The number of nitrogens with one attached hydrogen (secondary N) is 1. The third kappa shape index (κ3) is 5.58. The van der Waals surface area contributed by atoms with Crippen molar-refractivity contribution in [2.24, 2.45) is 0 Å². The fourth-order valence-electron chi connectivity index (χ4n) is 1.09. The minimum atomic E-state index is -1.64. The molecule has 1 aromatic rings. The summed E-state index contributed by atoms with van der Waals surface area (Å²) in [5, 5.41) is 2.43. The lowest BCUT2D eigenvalue weighted by Crippen LogP contribution is -2.21. The van der Waals surface area contributed by atoms with E-state index < -0.39 is 9.89 Å². The quantitative estimate of drug-likeness (QED) is 0.682. The van der Waals surface area contributed by atoms with Crippen molar-refractivity contribution in [1.82, 2.24) is 0 Å². The van der Waals surface area contributed by atoms with Gasteiger partial charge in [0.25, 0.3) is 0 Å². The molecule has 0 heterocycles. The number of anilines is 1. The highest BCUT2D eigenvalue weighted by molar-refractivity contribution is 6.67. The van der Waals surface area contributed by atoms with E-state index in [2.05, 4.69) is 10.1 Å². The van der Waals surface area contributed by atoms with E-state index in [1.807, 2.05) is 0 Å². The van der Waals surface area contributed by atoms with Gasteiger partial charge in [0.2, 0.25) is 3.79 Å². The van der Waals surface area contributed by atoms with Crippen LogP contribution in [0, 0.1) is 0 Å². The van der Waals surface area contributed by atoms with Gasteiger partial charge >= 0.3 is 6.09 Å². The first-order chi connectivity index (χ1) is 8.28. The molecule has 0 bridgehead atoms. The van der Waals surface area contributed by atoms with Crippen LogP contribution in [-0.2, 0) is 4.74 Å². The van der Waals surface area contributed by atoms with Crippen molar-refractivity contribution < 1.29 is 14.3 Å². The third-order valence-corrected chi connectivity index (χ3v) is 2.23. The largest absolute Gasteiger partial charge is 0.445 e. The van der Waals surface area contributed by atoms with Crippen LogP contribution in [0.5, 0.6) is 0 Å². The SMILES string of the molecule is CC(=O)c1ccc(NC(=O)OCC(Cl)(Cl)Cl)cc1. The number of carbonyl (C=O) groups is 2. The standard InChI is InChI=1S/C11H10Cl3NO3/c1-7(16)8-2-4-9(5-3-8)15-10(17)18-6-11(12,13)14/h2-5H,6H2,1H3,(H,15,17). The van der Waals surface area contributed by atoms with E-state index in [0.717, 1.165) is 0 Å². The Morgan fingerprint density at radius 2 is 1.78 bits per heavy atom. The van der Waals surface area contributed by atoms with Crippen LogP contribution in [0.2, 0.25) is 0 Å². The van der Waals surface area contributed by atoms with Crippen molar-refractivity contribution in [3.63, 3.8) is 0 Å². The molecule has 0 atom stereocenters. The number of halogens is 3. The van der Waals surface area contributed by atoms with Crippen LogP contribution < -0.4 is 5.32 Å². The maximum Gasteiger partial charge on any atom is 0.411 e. The number of carbonyl (C=O) groups excluding carboxylic acids is 2. The first kappa shape index (κ1) is 15.1. The van der Waals surface area contributed by atoms with Gasteiger partial charge in [-0.05, 0) is 31.2 Å². The molecule has 18 heavy (non-hydrogen) atoms. The lowest BCUT2D eigenvalue weighted by molar-refractivity contribution is 0.101. The van der Waals surface area contributed by atoms with Gasteiger partial charge < -0.3 is 4.74 Å². The zero-order valence-corrected chi connectivity index (χ0v) is 11.6. The van der Waals surface area contributed by atoms with Crippen LogP contribution in [0.3, 0.4) is 0 Å². The van der Waals surface area contributed by atoms with Crippen LogP contribution in [0.25, 0.3) is 0 Å². The van der Waals surface area contributed by atoms with Gasteiger partial charge in [0.05, 0.1) is 0 Å². The lowest BCUT2D eigenvalue weighted by Gasteiger charge is -2.12. The number of benzene rings is 1. The van der Waals surface area contributed by atoms with Gasteiger partial charge in [-0.1, -0.05) is 34.8 Å². The average Bonchev–Trinajstić information content (AvgIpc) is 2.26. The first-order valence-corrected chi connectivity index (χ1v) is 6.03. The zero-order valence-electron chi connectivity index (χ0n) is 9.38. The van der Waals surface area contributed by atoms with Crippen molar-refractivity contribution in [2.45, 2.75) is 10.7 Å². The number of hydrogen-bond acceptors (Lipinski definition) is 3. The highest BCUT2D eigenvalue weighted by Gasteiger charge is 2.22. The summed E-state index contributed by atoms with van der Waals surface area (Å²) in [6.07, 6.45) is -0.739. The second-order valence-corrected chi connectivity index (χ2v) is 5.97. The fraction of sp³-hybridized carbons (Fsp3) is 0.273. The highest BCUT2D eigenvalue weighted by Crippen LogP contribution is 2.26. The molecule has 0 saturated heterocycles. The van der Waals surface area contributed by atoms with E-state index in [1.165, 1.54) is 6.92 Å². The van der Waals surface area contributed by atoms with E-state index in [4.69, 9.17) is 34.8 Å². The Morgan fingerprint density at radius 3 is 2.22 bits per heavy atom. The number of ether oxygens (including phenoxy) is 1. The second-order valence-electron chi connectivity index (χ2n) is 3.45. The maximum absolute atomic E-state index is 11.3. The normalized spacial score (nSPS) is 10.9. The summed E-state index contributed by atoms with van der Waals surface area (Å²) >= 11 is 16.3. The summed E-state index contributed by atoms with van der Waals surface area (Å²) in [7, 11) is 0. The second kappa shape index (κ2) is 6.27. The van der Waals surface area contributed by atoms with Gasteiger partial charge in [-0.15, -0.1) is 0 Å². The number of Topliss-reactive ketones (excluding diaryl/α,β-unsaturated/α-hetero) is 1. The maximum atomic E-state index is 11.3. The molecule has 0 saturated carbocycles. The van der Waals surface area contributed by atoms with E-state index in [-0.39, 0.29) is 12.4 Å². The summed E-state index contributed by atoms with van der Waals surface area (Å²) in [4.78, 5) is 22.3. The molecule has 0 fully saturated rings. The third-order valence-electron chi connectivity index (χ3n) is 1.90. The van der Waals surface area contributed by atoms with Crippen LogP contribution in [0.4, 0.5) is 10.5 Å². The topological polar surface area (TPSA) is 55.4 Å². The van der Waals surface area contributed by atoms with E-state index in [1.54, 1.807) is 24.3 Å². The predicted octanol–water partition coefficient (Wildman–Crippen LogP) is 3.81. The Labute approximate surface area is 119 Å². The summed E-state index contributed by atoms with van der Waals surface area (Å²) < 4.78 is 3.03. The molecule has 98 valence electrons. The van der Waals surface area contributed by atoms with Crippen molar-refractivity contribution in [2.75, 3.05) is 11.9 Å². The van der Waals surface area contributed by atoms with Gasteiger partial charge in [-0.25, -0.2) is 4.79 Å². The zero-order chi connectivity index (χ0) is 13.8. The number of ketones is 1. The number of alkyl halides is 3. The van der Waals surface area contributed by atoms with E-state index in [9.17, 15) is 9.59 Å². The first-order valence-electron chi connectivity index (χ1n) is 4.89. The molecule has 0 radical (unpaired) electrons. The van der Waals surface area contributed by atoms with Crippen molar-refractivity contribution in [1.29, 1.82) is 0 Å². The molecule has 0 aliphatic rings. The summed E-state index contributed by atoms with van der Waals surface area (Å²) in [5.41, 5.74) is 1.03. The van der Waals surface area contributed by atoms with Gasteiger partial charge in [0.1, 0.15) is 6.61 Å². The smallest absolute Gasteiger partial charge is 0.411 e. The molecule has 0 unspecified atom stereocenters. The predicted molar refractivity (Wildman–Crippen MR) is 71.7 cm³/mol. The average molecular weight is 311 g/mol. The van der Waals surface area contributed by atoms with Gasteiger partial charge in [-0.3, -0.25) is 10.1 Å². The number of hydrogen-bond donors (Lipinski definition) is 1. The molecule has 0 aliphatic heterocycles. The molecule has 1 rings (SSSR count). The minimum Gasteiger partial charge on any atom is -0.445 e. The summed E-state index contributed by atoms with van der Waals surface area (Å²) in [6.45, 7) is 1.10. The Kier molecular flexibility index (Phi) is 5.26. The molecule has 7 heteroatoms. The molecular weight excluding hydrogens is 300 g/mol. The Bertz CT molecular complexity index is 440. The summed E-state index contributed by atoms with van der Waals surface area (Å²) in [5.74, 6) is -0.0552. The molecular formula is C11H10Cl3NO3. The monoisotopic (exact) mass is 309 g/mol. The summed E-state index contributed by atoms with van der Waals surface area (Å²) in [6, 6.07) is 6.33. The van der Waals surface area contributed by atoms with Gasteiger partial charge in [0.15, 0.2) is 5.78 Å².